The summed E-state index contributed by atoms with van der Waals surface area (Å²) in [7, 11) is 0. The fourth-order valence-electron chi connectivity index (χ4n) is 3.76. The highest BCUT2D eigenvalue weighted by molar-refractivity contribution is 6.05. The smallest absolute Gasteiger partial charge is 0.287 e. The zero-order chi connectivity index (χ0) is 26.2. The molecule has 3 N–H and O–H groups in total. The molecule has 0 atom stereocenters. The molecule has 9 nitrogen and oxygen atoms in total. The summed E-state index contributed by atoms with van der Waals surface area (Å²) in [6.45, 7) is 5.82. The van der Waals surface area contributed by atoms with Gasteiger partial charge in [0.25, 0.3) is 11.8 Å². The average Bonchev–Trinajstić information content (AvgIpc) is 3.38. The number of carbonyl (C=O) groups is 2. The van der Waals surface area contributed by atoms with Crippen LogP contribution in [0.25, 0.3) is 6.08 Å². The number of hydrogen-bond donors (Lipinski definition) is 3. The van der Waals surface area contributed by atoms with Crippen molar-refractivity contribution in [2.45, 2.75) is 13.8 Å². The van der Waals surface area contributed by atoms with Crippen molar-refractivity contribution < 1.29 is 24.2 Å². The molecular weight excluding hydrogens is 472 g/mol. The Hall–Kier alpha value is -4.79. The molecule has 0 aliphatic carbocycles. The van der Waals surface area contributed by atoms with E-state index in [-0.39, 0.29) is 18.2 Å². The van der Waals surface area contributed by atoms with Crippen molar-refractivity contribution in [2.75, 3.05) is 24.8 Å². The standard InChI is InChI=1S/C28H28N4O5/c1-3-32(4-2)22-12-11-21(24(33)16-22)17-29-31-28(35)23(30-27(34)20-8-6-5-7-9-20)14-19-10-13-25-26(15-19)37-18-36-25/h5-17,33H,3-4,18H2,1-2H3,(H,30,34)(H,31,35)/b23-14?,29-17+. The molecular formula is C28H28N4O5. The molecule has 0 spiro atoms. The topological polar surface area (TPSA) is 112 Å². The summed E-state index contributed by atoms with van der Waals surface area (Å²) in [4.78, 5) is 27.9. The van der Waals surface area contributed by atoms with Crippen LogP contribution in [0, 0.1) is 0 Å². The predicted molar refractivity (Wildman–Crippen MR) is 142 cm³/mol. The molecule has 0 saturated heterocycles. The van der Waals surface area contributed by atoms with Gasteiger partial charge in [-0.3, -0.25) is 9.59 Å². The van der Waals surface area contributed by atoms with Gasteiger partial charge in [0.2, 0.25) is 6.79 Å². The van der Waals surface area contributed by atoms with Gasteiger partial charge in [0.05, 0.1) is 6.21 Å². The van der Waals surface area contributed by atoms with Crippen LogP contribution in [0.15, 0.2) is 77.5 Å². The van der Waals surface area contributed by atoms with E-state index in [0.29, 0.717) is 28.2 Å². The maximum atomic E-state index is 13.0. The van der Waals surface area contributed by atoms with Crippen LogP contribution in [0.3, 0.4) is 0 Å². The van der Waals surface area contributed by atoms with E-state index in [1.807, 2.05) is 19.9 Å². The fraction of sp³-hybridized carbons (Fsp3) is 0.179. The number of hydrogen-bond acceptors (Lipinski definition) is 7. The molecule has 190 valence electrons. The second-order valence-corrected chi connectivity index (χ2v) is 8.11. The van der Waals surface area contributed by atoms with Crippen LogP contribution in [-0.4, -0.2) is 43.0 Å². The number of nitrogens with one attached hydrogen (secondary N) is 2. The molecule has 1 heterocycles. The maximum absolute atomic E-state index is 13.0. The predicted octanol–water partition coefficient (Wildman–Crippen LogP) is 3.89. The summed E-state index contributed by atoms with van der Waals surface area (Å²) in [5.74, 6) is 0.0992. The van der Waals surface area contributed by atoms with Gasteiger partial charge in [-0.2, -0.15) is 5.10 Å². The van der Waals surface area contributed by atoms with Gasteiger partial charge in [0, 0.05) is 36.0 Å². The normalized spacial score (nSPS) is 12.4. The van der Waals surface area contributed by atoms with E-state index in [1.54, 1.807) is 60.7 Å². The lowest BCUT2D eigenvalue weighted by atomic mass is 10.1. The number of ether oxygens (including phenoxy) is 2. The number of phenolic OH excluding ortho intramolecular Hbond substituents is 1. The first-order valence-corrected chi connectivity index (χ1v) is 11.9. The van der Waals surface area contributed by atoms with Crippen LogP contribution in [-0.2, 0) is 4.79 Å². The third kappa shape index (κ3) is 6.26. The first-order chi connectivity index (χ1) is 18.0. The highest BCUT2D eigenvalue weighted by atomic mass is 16.7. The third-order valence-corrected chi connectivity index (χ3v) is 5.75. The lowest BCUT2D eigenvalue weighted by Gasteiger charge is -2.21. The largest absolute Gasteiger partial charge is 0.507 e. The van der Waals surface area contributed by atoms with Crippen LogP contribution in [0.5, 0.6) is 17.2 Å². The van der Waals surface area contributed by atoms with Gasteiger partial charge in [-0.25, -0.2) is 5.43 Å². The van der Waals surface area contributed by atoms with Crippen LogP contribution in [0.1, 0.15) is 35.3 Å². The van der Waals surface area contributed by atoms with Gasteiger partial charge < -0.3 is 24.8 Å². The van der Waals surface area contributed by atoms with E-state index in [4.69, 9.17) is 9.47 Å². The van der Waals surface area contributed by atoms with E-state index in [1.165, 1.54) is 12.3 Å². The molecule has 0 bridgehead atoms. The van der Waals surface area contributed by atoms with Gasteiger partial charge in [-0.15, -0.1) is 0 Å². The summed E-state index contributed by atoms with van der Waals surface area (Å²) in [6, 6.07) is 19.0. The monoisotopic (exact) mass is 500 g/mol. The minimum Gasteiger partial charge on any atom is -0.507 e. The average molecular weight is 501 g/mol. The summed E-state index contributed by atoms with van der Waals surface area (Å²) in [5, 5.41) is 17.0. The van der Waals surface area contributed by atoms with Gasteiger partial charge in [0.1, 0.15) is 11.4 Å². The lowest BCUT2D eigenvalue weighted by molar-refractivity contribution is -0.117. The van der Waals surface area contributed by atoms with E-state index >= 15 is 0 Å². The summed E-state index contributed by atoms with van der Waals surface area (Å²) >= 11 is 0. The molecule has 4 rings (SSSR count). The summed E-state index contributed by atoms with van der Waals surface area (Å²) in [5.41, 5.74) is 4.74. The number of aromatic hydroxyl groups is 1. The highest BCUT2D eigenvalue weighted by Gasteiger charge is 2.17. The second-order valence-electron chi connectivity index (χ2n) is 8.11. The molecule has 9 heteroatoms. The van der Waals surface area contributed by atoms with Crippen molar-refractivity contribution in [2.24, 2.45) is 5.10 Å². The molecule has 1 aliphatic rings. The van der Waals surface area contributed by atoms with Crippen LogP contribution < -0.4 is 25.1 Å². The maximum Gasteiger partial charge on any atom is 0.287 e. The molecule has 0 saturated carbocycles. The van der Waals surface area contributed by atoms with E-state index < -0.39 is 11.8 Å². The molecule has 3 aromatic carbocycles. The Morgan fingerprint density at radius 1 is 1.00 bits per heavy atom. The quantitative estimate of drug-likeness (QED) is 0.234. The minimum absolute atomic E-state index is 0.0222. The third-order valence-electron chi connectivity index (χ3n) is 5.75. The number of benzene rings is 3. The van der Waals surface area contributed by atoms with Crippen molar-refractivity contribution in [1.82, 2.24) is 10.7 Å². The summed E-state index contributed by atoms with van der Waals surface area (Å²) in [6.07, 6.45) is 2.86. The molecule has 0 unspecified atom stereocenters. The number of amides is 2. The van der Waals surface area contributed by atoms with Gasteiger partial charge in [0.15, 0.2) is 11.5 Å². The summed E-state index contributed by atoms with van der Waals surface area (Å²) < 4.78 is 10.7. The van der Waals surface area contributed by atoms with Gasteiger partial charge >= 0.3 is 0 Å². The van der Waals surface area contributed by atoms with Crippen LogP contribution in [0.4, 0.5) is 5.69 Å². The zero-order valence-corrected chi connectivity index (χ0v) is 20.6. The SMILES string of the molecule is CCN(CC)c1ccc(/C=N/NC(=O)C(=Cc2ccc3c(c2)OCO3)NC(=O)c2ccccc2)c(O)c1. The molecule has 2 amide bonds. The van der Waals surface area contributed by atoms with Crippen molar-refractivity contribution in [3.05, 3.63) is 89.1 Å². The first kappa shape index (κ1) is 25.3. The molecule has 3 aromatic rings. The van der Waals surface area contributed by atoms with E-state index in [9.17, 15) is 14.7 Å². The van der Waals surface area contributed by atoms with Gasteiger partial charge in [-0.1, -0.05) is 24.3 Å². The number of rotatable bonds is 9. The van der Waals surface area contributed by atoms with Crippen LogP contribution in [0.2, 0.25) is 0 Å². The van der Waals surface area contributed by atoms with Crippen molar-refractivity contribution in [3.8, 4) is 17.2 Å². The van der Waals surface area contributed by atoms with Crippen LogP contribution >= 0.6 is 0 Å². The molecule has 0 fully saturated rings. The number of fused-ring (bicyclic) bond motifs is 1. The van der Waals surface area contributed by atoms with E-state index in [0.717, 1.165) is 18.8 Å². The van der Waals surface area contributed by atoms with Gasteiger partial charge in [-0.05, 0) is 61.9 Å². The highest BCUT2D eigenvalue weighted by Crippen LogP contribution is 2.33. The Balaban J connectivity index is 1.53. The molecule has 37 heavy (non-hydrogen) atoms. The second kappa shape index (κ2) is 11.8. The Labute approximate surface area is 215 Å². The minimum atomic E-state index is -0.641. The number of hydrazone groups is 1. The van der Waals surface area contributed by atoms with Crippen molar-refractivity contribution in [1.29, 1.82) is 0 Å². The van der Waals surface area contributed by atoms with Crippen molar-refractivity contribution >= 4 is 29.8 Å². The molecule has 0 radical (unpaired) electrons. The number of carbonyl (C=O) groups excluding carboxylic acids is 2. The molecule has 1 aliphatic heterocycles. The van der Waals surface area contributed by atoms with Crippen molar-refractivity contribution in [3.63, 3.8) is 0 Å². The lowest BCUT2D eigenvalue weighted by Crippen LogP contribution is -2.32. The first-order valence-electron chi connectivity index (χ1n) is 11.9. The van der Waals surface area contributed by atoms with E-state index in [2.05, 4.69) is 20.7 Å². The Morgan fingerprint density at radius 2 is 1.76 bits per heavy atom. The number of phenols is 1. The number of anilines is 1. The fourth-order valence-corrected chi connectivity index (χ4v) is 3.76. The number of nitrogens with zero attached hydrogens (tertiary/aromatic N) is 2. The zero-order valence-electron chi connectivity index (χ0n) is 20.6. The Kier molecular flexibility index (Phi) is 8.05. The molecule has 0 aromatic heterocycles. The Morgan fingerprint density at radius 3 is 2.49 bits per heavy atom. The Bertz CT molecular complexity index is 1330.